The second kappa shape index (κ2) is 9.98. The number of hydrogen-bond acceptors (Lipinski definition) is 4. The highest BCUT2D eigenvalue weighted by molar-refractivity contribution is 6.36. The summed E-state index contributed by atoms with van der Waals surface area (Å²) < 4.78 is 0. The largest absolute Gasteiger partial charge is 0.353 e. The molecule has 1 aliphatic heterocycles. The molecule has 0 aliphatic carbocycles. The van der Waals surface area contributed by atoms with Crippen LogP contribution in [0.1, 0.15) is 31.0 Å². The molecule has 1 saturated heterocycles. The summed E-state index contributed by atoms with van der Waals surface area (Å²) in [5, 5.41) is 3.83. The van der Waals surface area contributed by atoms with Crippen LogP contribution in [-0.4, -0.2) is 47.1 Å². The van der Waals surface area contributed by atoms with Crippen LogP contribution >= 0.6 is 23.2 Å². The van der Waals surface area contributed by atoms with E-state index < -0.39 is 0 Å². The van der Waals surface area contributed by atoms with Crippen LogP contribution in [-0.2, 0) is 0 Å². The van der Waals surface area contributed by atoms with Crippen molar-refractivity contribution in [2.24, 2.45) is 0 Å². The molecule has 8 heteroatoms. The number of nitrogens with zero attached hydrogens (tertiary/aromatic N) is 4. The summed E-state index contributed by atoms with van der Waals surface area (Å²) in [5.41, 5.74) is 3.69. The van der Waals surface area contributed by atoms with Crippen LogP contribution in [0.3, 0.4) is 0 Å². The summed E-state index contributed by atoms with van der Waals surface area (Å²) >= 11 is 12.2. The normalized spacial score (nSPS) is 14.0. The molecule has 0 spiro atoms. The van der Waals surface area contributed by atoms with Crippen LogP contribution in [0.15, 0.2) is 48.5 Å². The first-order valence-electron chi connectivity index (χ1n) is 11.0. The number of rotatable bonds is 4. The third kappa shape index (κ3) is 5.23. The number of hydrogen-bond donors (Lipinski definition) is 1. The minimum Gasteiger partial charge on any atom is -0.353 e. The molecule has 33 heavy (non-hydrogen) atoms. The zero-order valence-electron chi connectivity index (χ0n) is 19.0. The van der Waals surface area contributed by atoms with Crippen LogP contribution in [0.5, 0.6) is 0 Å². The number of urea groups is 1. The summed E-state index contributed by atoms with van der Waals surface area (Å²) in [7, 11) is 0. The molecule has 0 saturated carbocycles. The predicted molar refractivity (Wildman–Crippen MR) is 136 cm³/mol. The minimum atomic E-state index is -0.174. The number of carbonyl (C=O) groups is 1. The van der Waals surface area contributed by atoms with Crippen molar-refractivity contribution < 1.29 is 4.79 Å². The van der Waals surface area contributed by atoms with Gasteiger partial charge >= 0.3 is 6.03 Å². The number of aryl methyl sites for hydroxylation is 1. The SMILES string of the molecule is Cc1nc(-c2ccccc2)nc(N2CCN(C(=O)Nc3ccc(Cl)cc3Cl)CC2)c1C(C)C. The predicted octanol–water partition coefficient (Wildman–Crippen LogP) is 6.24. The van der Waals surface area contributed by atoms with E-state index in [1.54, 1.807) is 23.1 Å². The van der Waals surface area contributed by atoms with E-state index >= 15 is 0 Å². The lowest BCUT2D eigenvalue weighted by molar-refractivity contribution is 0.208. The molecule has 3 aromatic rings. The van der Waals surface area contributed by atoms with E-state index in [0.29, 0.717) is 41.9 Å². The van der Waals surface area contributed by atoms with Gasteiger partial charge in [-0.2, -0.15) is 0 Å². The fraction of sp³-hybridized carbons (Fsp3) is 0.320. The van der Waals surface area contributed by atoms with E-state index in [1.165, 1.54) is 0 Å². The molecular formula is C25H27Cl2N5O. The van der Waals surface area contributed by atoms with E-state index in [9.17, 15) is 4.79 Å². The number of amides is 2. The minimum absolute atomic E-state index is 0.174. The van der Waals surface area contributed by atoms with Crippen molar-refractivity contribution >= 4 is 40.7 Å². The smallest absolute Gasteiger partial charge is 0.322 e. The van der Waals surface area contributed by atoms with Crippen molar-refractivity contribution in [2.45, 2.75) is 26.7 Å². The summed E-state index contributed by atoms with van der Waals surface area (Å²) in [4.78, 5) is 26.6. The molecule has 0 bridgehead atoms. The Hall–Kier alpha value is -2.83. The molecule has 0 radical (unpaired) electrons. The number of aromatic nitrogens is 2. The average molecular weight is 484 g/mol. The maximum absolute atomic E-state index is 12.8. The van der Waals surface area contributed by atoms with Crippen molar-refractivity contribution in [1.82, 2.24) is 14.9 Å². The molecule has 0 atom stereocenters. The molecule has 6 nitrogen and oxygen atoms in total. The Kier molecular flexibility index (Phi) is 7.05. The molecule has 1 fully saturated rings. The number of benzene rings is 2. The Morgan fingerprint density at radius 1 is 1.00 bits per heavy atom. The van der Waals surface area contributed by atoms with Crippen molar-refractivity contribution in [3.05, 3.63) is 69.8 Å². The van der Waals surface area contributed by atoms with E-state index in [-0.39, 0.29) is 11.9 Å². The molecule has 1 aromatic heterocycles. The second-order valence-electron chi connectivity index (χ2n) is 8.42. The number of piperazine rings is 1. The van der Waals surface area contributed by atoms with Gasteiger partial charge in [0.2, 0.25) is 0 Å². The first-order chi connectivity index (χ1) is 15.8. The highest BCUT2D eigenvalue weighted by Crippen LogP contribution is 2.31. The third-order valence-corrected chi connectivity index (χ3v) is 6.31. The maximum atomic E-state index is 12.8. The lowest BCUT2D eigenvalue weighted by Gasteiger charge is -2.37. The summed E-state index contributed by atoms with van der Waals surface area (Å²) in [6.07, 6.45) is 0. The van der Waals surface area contributed by atoms with E-state index in [4.69, 9.17) is 33.2 Å². The molecule has 4 rings (SSSR count). The molecular weight excluding hydrogens is 457 g/mol. The Balaban J connectivity index is 1.52. The van der Waals surface area contributed by atoms with Gasteiger partial charge in [0, 0.05) is 48.0 Å². The van der Waals surface area contributed by atoms with Gasteiger partial charge in [-0.1, -0.05) is 67.4 Å². The van der Waals surface area contributed by atoms with Crippen molar-refractivity contribution in [3.63, 3.8) is 0 Å². The Bertz CT molecular complexity index is 1150. The highest BCUT2D eigenvalue weighted by Gasteiger charge is 2.26. The lowest BCUT2D eigenvalue weighted by atomic mass is 10.0. The number of halogens is 2. The first kappa shape index (κ1) is 23.3. The van der Waals surface area contributed by atoms with Crippen LogP contribution in [0.25, 0.3) is 11.4 Å². The van der Waals surface area contributed by atoms with Gasteiger partial charge in [-0.25, -0.2) is 14.8 Å². The van der Waals surface area contributed by atoms with E-state index in [2.05, 4.69) is 24.1 Å². The van der Waals surface area contributed by atoms with Crippen molar-refractivity contribution in [2.75, 3.05) is 36.4 Å². The van der Waals surface area contributed by atoms with E-state index in [1.807, 2.05) is 37.3 Å². The number of nitrogens with one attached hydrogen (secondary N) is 1. The van der Waals surface area contributed by atoms with Crippen LogP contribution in [0.4, 0.5) is 16.3 Å². The maximum Gasteiger partial charge on any atom is 0.322 e. The van der Waals surface area contributed by atoms with Gasteiger partial charge in [0.25, 0.3) is 0 Å². The first-order valence-corrected chi connectivity index (χ1v) is 11.8. The van der Waals surface area contributed by atoms with Gasteiger partial charge in [0.1, 0.15) is 5.82 Å². The molecule has 2 amide bonds. The number of carbonyl (C=O) groups excluding carboxylic acids is 1. The van der Waals surface area contributed by atoms with Crippen molar-refractivity contribution in [3.8, 4) is 11.4 Å². The molecule has 172 valence electrons. The molecule has 1 aliphatic rings. The standard InChI is InChI=1S/C25H27Cl2N5O/c1-16(2)22-17(3)28-23(18-7-5-4-6-8-18)30-24(22)31-11-13-32(14-12-31)25(33)29-21-10-9-19(26)15-20(21)27/h4-10,15-16H,11-14H2,1-3H3,(H,29,33). The zero-order valence-corrected chi connectivity index (χ0v) is 20.5. The topological polar surface area (TPSA) is 61.4 Å². The van der Waals surface area contributed by atoms with Gasteiger partial charge < -0.3 is 15.1 Å². The Morgan fingerprint density at radius 3 is 2.33 bits per heavy atom. The zero-order chi connectivity index (χ0) is 23.5. The lowest BCUT2D eigenvalue weighted by Crippen LogP contribution is -2.50. The van der Waals surface area contributed by atoms with Crippen molar-refractivity contribution in [1.29, 1.82) is 0 Å². The van der Waals surface area contributed by atoms with Crippen LogP contribution in [0.2, 0.25) is 10.0 Å². The highest BCUT2D eigenvalue weighted by atomic mass is 35.5. The molecule has 1 N–H and O–H groups in total. The van der Waals surface area contributed by atoms with Crippen LogP contribution < -0.4 is 10.2 Å². The summed E-state index contributed by atoms with van der Waals surface area (Å²) in [6, 6.07) is 14.9. The fourth-order valence-electron chi connectivity index (χ4n) is 4.11. The fourth-order valence-corrected chi connectivity index (χ4v) is 4.56. The molecule has 2 aromatic carbocycles. The monoisotopic (exact) mass is 483 g/mol. The Morgan fingerprint density at radius 2 is 1.70 bits per heavy atom. The van der Waals surface area contributed by atoms with Gasteiger partial charge in [0.15, 0.2) is 5.82 Å². The third-order valence-electron chi connectivity index (χ3n) is 5.76. The Labute approximate surface area is 204 Å². The van der Waals surface area contributed by atoms with Gasteiger partial charge in [-0.15, -0.1) is 0 Å². The quantitative estimate of drug-likeness (QED) is 0.477. The van der Waals surface area contributed by atoms with Gasteiger partial charge in [0.05, 0.1) is 10.7 Å². The second-order valence-corrected chi connectivity index (χ2v) is 9.26. The summed E-state index contributed by atoms with van der Waals surface area (Å²) in [6.45, 7) is 8.91. The number of anilines is 2. The van der Waals surface area contributed by atoms with E-state index in [0.717, 1.165) is 28.5 Å². The molecule has 2 heterocycles. The molecule has 0 unspecified atom stereocenters. The van der Waals surface area contributed by atoms with Gasteiger partial charge in [-0.05, 0) is 31.0 Å². The van der Waals surface area contributed by atoms with Crippen LogP contribution in [0, 0.1) is 6.92 Å². The van der Waals surface area contributed by atoms with Gasteiger partial charge in [-0.3, -0.25) is 0 Å². The summed E-state index contributed by atoms with van der Waals surface area (Å²) in [5.74, 6) is 1.97. The average Bonchev–Trinajstić information content (AvgIpc) is 2.80.